The maximum absolute atomic E-state index is 13.9. The van der Waals surface area contributed by atoms with Gasteiger partial charge in [0.1, 0.15) is 12.1 Å². The number of piperidine rings is 1. The Morgan fingerprint density at radius 1 is 0.951 bits per heavy atom. The maximum Gasteiger partial charge on any atom is 0.318 e. The molecular weight excluding hydrogens is 538 g/mol. The molecule has 4 amide bonds. The highest BCUT2D eigenvalue weighted by Gasteiger charge is 2.33. The number of rotatable bonds is 7. The second-order valence-corrected chi connectivity index (χ2v) is 10.9. The summed E-state index contributed by atoms with van der Waals surface area (Å²) in [4.78, 5) is 41.3. The zero-order valence-corrected chi connectivity index (χ0v) is 23.8. The summed E-state index contributed by atoms with van der Waals surface area (Å²) in [5, 5.41) is 12.4. The number of nitrogens with one attached hydrogen (secondary N) is 4. The van der Waals surface area contributed by atoms with Crippen LogP contribution < -0.4 is 21.3 Å². The largest absolute Gasteiger partial charge is 0.342 e. The van der Waals surface area contributed by atoms with Crippen LogP contribution in [0.5, 0.6) is 0 Å². The average molecular weight is 573 g/mol. The lowest BCUT2D eigenvalue weighted by Crippen LogP contribution is -2.53. The first-order chi connectivity index (χ1) is 19.9. The lowest BCUT2D eigenvalue weighted by Gasteiger charge is -2.36. The number of urea groups is 1. The fourth-order valence-electron chi connectivity index (χ4n) is 5.69. The molecule has 2 heterocycles. The molecule has 1 fully saturated rings. The molecular formula is C32H35ClN5O3. The quantitative estimate of drug-likeness (QED) is 0.333. The van der Waals surface area contributed by atoms with Crippen molar-refractivity contribution < 1.29 is 14.4 Å². The fourth-order valence-corrected chi connectivity index (χ4v) is 5.82. The third-order valence-corrected chi connectivity index (χ3v) is 8.14. The topological polar surface area (TPSA) is 103 Å². The number of anilines is 1. The number of hydrogen-bond acceptors (Lipinski definition) is 4. The third-order valence-electron chi connectivity index (χ3n) is 7.88. The van der Waals surface area contributed by atoms with Crippen molar-refractivity contribution in [2.75, 3.05) is 25.5 Å². The summed E-state index contributed by atoms with van der Waals surface area (Å²) >= 11 is 6.09. The van der Waals surface area contributed by atoms with Crippen LogP contribution in [0.1, 0.15) is 47.1 Å². The molecule has 9 heteroatoms. The number of likely N-dealkylation sites (tertiary alicyclic amines) is 1. The van der Waals surface area contributed by atoms with Gasteiger partial charge in [0.25, 0.3) is 0 Å². The van der Waals surface area contributed by atoms with Gasteiger partial charge in [-0.25, -0.2) is 4.79 Å². The van der Waals surface area contributed by atoms with Crippen molar-refractivity contribution in [2.45, 2.75) is 43.7 Å². The second-order valence-electron chi connectivity index (χ2n) is 10.5. The molecule has 1 unspecified atom stereocenters. The Labute approximate surface area is 245 Å². The van der Waals surface area contributed by atoms with E-state index in [2.05, 4.69) is 21.3 Å². The Kier molecular flexibility index (Phi) is 9.21. The van der Waals surface area contributed by atoms with Crippen LogP contribution in [0.25, 0.3) is 0 Å². The number of benzene rings is 3. The lowest BCUT2D eigenvalue weighted by molar-refractivity contribution is -0.137. The van der Waals surface area contributed by atoms with Gasteiger partial charge in [0.2, 0.25) is 11.8 Å². The molecule has 3 aromatic carbocycles. The Balaban J connectivity index is 1.30. The van der Waals surface area contributed by atoms with Gasteiger partial charge in [-0.05, 0) is 65.6 Å². The molecule has 0 spiro atoms. The van der Waals surface area contributed by atoms with Gasteiger partial charge >= 0.3 is 6.03 Å². The number of hydrogen-bond donors (Lipinski definition) is 4. The van der Waals surface area contributed by atoms with Gasteiger partial charge in [-0.2, -0.15) is 0 Å². The van der Waals surface area contributed by atoms with Gasteiger partial charge < -0.3 is 20.9 Å². The summed E-state index contributed by atoms with van der Waals surface area (Å²) in [7, 11) is 1.59. The Hall–Kier alpha value is -3.88. The minimum atomic E-state index is -0.724. The van der Waals surface area contributed by atoms with E-state index in [1.165, 1.54) is 0 Å². The van der Waals surface area contributed by atoms with Crippen molar-refractivity contribution in [3.63, 3.8) is 0 Å². The molecule has 3 aromatic rings. The van der Waals surface area contributed by atoms with Gasteiger partial charge in [-0.3, -0.25) is 14.9 Å². The minimum Gasteiger partial charge on any atom is -0.342 e. The Morgan fingerprint density at radius 3 is 2.37 bits per heavy atom. The van der Waals surface area contributed by atoms with E-state index in [0.29, 0.717) is 24.5 Å². The van der Waals surface area contributed by atoms with Crippen molar-refractivity contribution in [1.82, 2.24) is 20.9 Å². The second kappa shape index (κ2) is 13.2. The molecule has 2 atom stereocenters. The van der Waals surface area contributed by atoms with Crippen LogP contribution in [-0.2, 0) is 22.4 Å². The highest BCUT2D eigenvalue weighted by Crippen LogP contribution is 2.33. The van der Waals surface area contributed by atoms with E-state index in [-0.39, 0.29) is 23.8 Å². The van der Waals surface area contributed by atoms with Gasteiger partial charge in [0.15, 0.2) is 0 Å². The van der Waals surface area contributed by atoms with E-state index in [0.717, 1.165) is 47.2 Å². The maximum atomic E-state index is 13.9. The molecule has 5 rings (SSSR count). The monoisotopic (exact) mass is 572 g/mol. The summed E-state index contributed by atoms with van der Waals surface area (Å²) in [6.45, 7) is 3.01. The molecule has 41 heavy (non-hydrogen) atoms. The van der Waals surface area contributed by atoms with Gasteiger partial charge in [-0.1, -0.05) is 66.2 Å². The SMILES string of the molecule is CNC(=O)Nc1ccccc1C1CCN(C(=O)[C@@H](Cc2ccc(Cl)cc2)NC(=O)C2N[CH]Cc3ccccc32)CC1. The zero-order valence-electron chi connectivity index (χ0n) is 23.0. The molecule has 8 nitrogen and oxygen atoms in total. The van der Waals surface area contributed by atoms with E-state index >= 15 is 0 Å². The van der Waals surface area contributed by atoms with E-state index in [4.69, 9.17) is 11.6 Å². The third kappa shape index (κ3) is 6.89. The fraction of sp³-hybridized carbons (Fsp3) is 0.312. The number of nitrogens with zero attached hydrogens (tertiary/aromatic N) is 1. The van der Waals surface area contributed by atoms with Crippen LogP contribution in [-0.4, -0.2) is 48.9 Å². The van der Waals surface area contributed by atoms with E-state index < -0.39 is 12.1 Å². The molecule has 0 aliphatic carbocycles. The number of amides is 4. The Morgan fingerprint density at radius 2 is 1.63 bits per heavy atom. The standard InChI is InChI=1S/C32H35ClN5O3/c1-34-32(41)37-27-9-5-4-7-25(27)23-15-18-38(19-16-23)31(40)28(20-21-10-12-24(33)13-11-21)36-30(39)29-26-8-3-2-6-22(26)14-17-35-29/h2-13,17,23,28-29,35H,14-16,18-20H2,1H3,(H,36,39)(H2,34,37,41)/t28-,29?/m1/s1. The molecule has 4 N–H and O–H groups in total. The van der Waals surface area contributed by atoms with Crippen LogP contribution in [0, 0.1) is 6.54 Å². The van der Waals surface area contributed by atoms with Crippen molar-refractivity contribution in [3.8, 4) is 0 Å². The smallest absolute Gasteiger partial charge is 0.318 e. The summed E-state index contributed by atoms with van der Waals surface area (Å²) in [6, 6.07) is 21.5. The summed E-state index contributed by atoms with van der Waals surface area (Å²) in [5.41, 5.74) is 4.78. The number of carbonyl (C=O) groups excluding carboxylic acids is 3. The van der Waals surface area contributed by atoms with Crippen LogP contribution >= 0.6 is 11.6 Å². The number of para-hydroxylation sites is 1. The van der Waals surface area contributed by atoms with Gasteiger partial charge in [0, 0.05) is 43.8 Å². The average Bonchev–Trinajstić information content (AvgIpc) is 3.01. The number of fused-ring (bicyclic) bond motifs is 1. The lowest BCUT2D eigenvalue weighted by atomic mass is 9.88. The van der Waals surface area contributed by atoms with Crippen molar-refractivity contribution in [1.29, 1.82) is 0 Å². The first-order valence-corrected chi connectivity index (χ1v) is 14.4. The van der Waals surface area contributed by atoms with Crippen LogP contribution in [0.3, 0.4) is 0 Å². The molecule has 1 radical (unpaired) electrons. The van der Waals surface area contributed by atoms with E-state index in [1.54, 1.807) is 19.2 Å². The summed E-state index contributed by atoms with van der Waals surface area (Å²) in [5.74, 6) is -0.128. The van der Waals surface area contributed by atoms with Crippen LogP contribution in [0.2, 0.25) is 5.02 Å². The Bertz CT molecular complexity index is 1390. The minimum absolute atomic E-state index is 0.100. The normalized spacial score (nSPS) is 17.7. The van der Waals surface area contributed by atoms with Crippen molar-refractivity contribution in [3.05, 3.63) is 107 Å². The predicted octanol–water partition coefficient (Wildman–Crippen LogP) is 4.57. The van der Waals surface area contributed by atoms with Crippen molar-refractivity contribution >= 4 is 35.1 Å². The first kappa shape index (κ1) is 28.6. The van der Waals surface area contributed by atoms with E-state index in [9.17, 15) is 14.4 Å². The molecule has 2 aliphatic rings. The van der Waals surface area contributed by atoms with E-state index in [1.807, 2.05) is 72.1 Å². The van der Waals surface area contributed by atoms with Crippen LogP contribution in [0.15, 0.2) is 72.8 Å². The van der Waals surface area contributed by atoms with Gasteiger partial charge in [-0.15, -0.1) is 0 Å². The van der Waals surface area contributed by atoms with Gasteiger partial charge in [0.05, 0.1) is 0 Å². The number of carbonyl (C=O) groups is 3. The first-order valence-electron chi connectivity index (χ1n) is 14.0. The molecule has 1 saturated heterocycles. The number of halogens is 1. The summed E-state index contributed by atoms with van der Waals surface area (Å²) in [6.07, 6.45) is 2.61. The van der Waals surface area contributed by atoms with Crippen LogP contribution in [0.4, 0.5) is 10.5 Å². The molecule has 0 saturated carbocycles. The molecule has 0 aromatic heterocycles. The molecule has 0 bridgehead atoms. The molecule has 213 valence electrons. The predicted molar refractivity (Wildman–Crippen MR) is 160 cm³/mol. The highest BCUT2D eigenvalue weighted by molar-refractivity contribution is 6.30. The zero-order chi connectivity index (χ0) is 28.8. The molecule has 2 aliphatic heterocycles. The van der Waals surface area contributed by atoms with Crippen molar-refractivity contribution in [2.24, 2.45) is 0 Å². The highest BCUT2D eigenvalue weighted by atomic mass is 35.5. The summed E-state index contributed by atoms with van der Waals surface area (Å²) < 4.78 is 0.